The summed E-state index contributed by atoms with van der Waals surface area (Å²) in [4.78, 5) is 11.9. The zero-order valence-electron chi connectivity index (χ0n) is 10.8. The third-order valence-electron chi connectivity index (χ3n) is 2.66. The van der Waals surface area contributed by atoms with Gasteiger partial charge >= 0.3 is 5.97 Å². The number of ether oxygens (including phenoxy) is 1. The van der Waals surface area contributed by atoms with Crippen LogP contribution in [0.15, 0.2) is 30.3 Å². The third kappa shape index (κ3) is 5.44. The van der Waals surface area contributed by atoms with Gasteiger partial charge in [-0.3, -0.25) is 4.79 Å². The smallest absolute Gasteiger partial charge is 0.308 e. The zero-order valence-corrected chi connectivity index (χ0v) is 13.2. The molecule has 0 spiro atoms. The Morgan fingerprint density at radius 2 is 2.06 bits per heavy atom. The standard InChI is InChI=1S/C14H19BrO2S/c1-11(14(16)17-8-9-18-2)10-13(15)12-6-4-3-5-7-12/h3-7,11,13H,8-10H2,1-2H3. The van der Waals surface area contributed by atoms with Gasteiger partial charge in [0.2, 0.25) is 0 Å². The molecule has 2 unspecified atom stereocenters. The molecule has 0 heterocycles. The van der Waals surface area contributed by atoms with E-state index in [-0.39, 0.29) is 16.7 Å². The highest BCUT2D eigenvalue weighted by atomic mass is 79.9. The number of hydrogen-bond acceptors (Lipinski definition) is 3. The van der Waals surface area contributed by atoms with Gasteiger partial charge < -0.3 is 4.74 Å². The van der Waals surface area contributed by atoms with Gasteiger partial charge in [0, 0.05) is 10.6 Å². The van der Waals surface area contributed by atoms with Crippen molar-refractivity contribution >= 4 is 33.7 Å². The van der Waals surface area contributed by atoms with E-state index in [4.69, 9.17) is 4.74 Å². The number of carbonyl (C=O) groups excluding carboxylic acids is 1. The normalized spacial score (nSPS) is 13.9. The van der Waals surface area contributed by atoms with Crippen molar-refractivity contribution < 1.29 is 9.53 Å². The molecule has 4 heteroatoms. The van der Waals surface area contributed by atoms with Crippen molar-refractivity contribution in [3.05, 3.63) is 35.9 Å². The number of rotatable bonds is 7. The fourth-order valence-corrected chi connectivity index (χ4v) is 2.69. The van der Waals surface area contributed by atoms with Crippen LogP contribution in [-0.2, 0) is 9.53 Å². The van der Waals surface area contributed by atoms with Gasteiger partial charge in [-0.25, -0.2) is 0 Å². The van der Waals surface area contributed by atoms with E-state index in [1.54, 1.807) is 11.8 Å². The van der Waals surface area contributed by atoms with E-state index in [0.29, 0.717) is 6.61 Å². The Bertz CT molecular complexity index is 356. The van der Waals surface area contributed by atoms with Crippen LogP contribution in [0.4, 0.5) is 0 Å². The lowest BCUT2D eigenvalue weighted by molar-refractivity contribution is -0.147. The van der Waals surface area contributed by atoms with Crippen molar-refractivity contribution in [1.29, 1.82) is 0 Å². The summed E-state index contributed by atoms with van der Waals surface area (Å²) >= 11 is 5.30. The molecule has 0 aromatic heterocycles. The summed E-state index contributed by atoms with van der Waals surface area (Å²) in [5, 5.41) is 0. The average Bonchev–Trinajstić information content (AvgIpc) is 2.39. The predicted molar refractivity (Wildman–Crippen MR) is 81.2 cm³/mol. The molecule has 1 aromatic carbocycles. The highest BCUT2D eigenvalue weighted by Gasteiger charge is 2.19. The van der Waals surface area contributed by atoms with Crippen LogP contribution in [0.5, 0.6) is 0 Å². The Morgan fingerprint density at radius 3 is 2.67 bits per heavy atom. The van der Waals surface area contributed by atoms with Crippen molar-refractivity contribution in [3.63, 3.8) is 0 Å². The number of carbonyl (C=O) groups is 1. The summed E-state index contributed by atoms with van der Waals surface area (Å²) in [7, 11) is 0. The van der Waals surface area contributed by atoms with Gasteiger partial charge in [-0.15, -0.1) is 0 Å². The van der Waals surface area contributed by atoms with Crippen LogP contribution < -0.4 is 0 Å². The largest absolute Gasteiger partial charge is 0.465 e. The van der Waals surface area contributed by atoms with Crippen LogP contribution in [0.3, 0.4) is 0 Å². The summed E-state index contributed by atoms with van der Waals surface area (Å²) < 4.78 is 5.20. The van der Waals surface area contributed by atoms with Crippen molar-refractivity contribution in [3.8, 4) is 0 Å². The lowest BCUT2D eigenvalue weighted by atomic mass is 10.0. The van der Waals surface area contributed by atoms with Gasteiger partial charge in [-0.05, 0) is 18.2 Å². The van der Waals surface area contributed by atoms with Crippen molar-refractivity contribution in [2.45, 2.75) is 18.2 Å². The van der Waals surface area contributed by atoms with Gasteiger partial charge in [-0.1, -0.05) is 53.2 Å². The van der Waals surface area contributed by atoms with Crippen molar-refractivity contribution in [2.75, 3.05) is 18.6 Å². The molecule has 0 amide bonds. The number of alkyl halides is 1. The van der Waals surface area contributed by atoms with Gasteiger partial charge in [-0.2, -0.15) is 11.8 Å². The third-order valence-corrected chi connectivity index (χ3v) is 4.13. The van der Waals surface area contributed by atoms with Crippen LogP contribution in [0, 0.1) is 5.92 Å². The van der Waals surface area contributed by atoms with Gasteiger partial charge in [0.15, 0.2) is 0 Å². The first kappa shape index (κ1) is 15.6. The Labute approximate surface area is 122 Å². The highest BCUT2D eigenvalue weighted by Crippen LogP contribution is 2.29. The molecule has 100 valence electrons. The molecular weight excluding hydrogens is 312 g/mol. The molecule has 0 N–H and O–H groups in total. The molecule has 0 aliphatic carbocycles. The van der Waals surface area contributed by atoms with Crippen LogP contribution >= 0.6 is 27.7 Å². The van der Waals surface area contributed by atoms with E-state index >= 15 is 0 Å². The van der Waals surface area contributed by atoms with E-state index in [1.165, 1.54) is 5.56 Å². The molecule has 0 bridgehead atoms. The first-order valence-electron chi connectivity index (χ1n) is 5.99. The molecule has 0 aliphatic heterocycles. The van der Waals surface area contributed by atoms with Crippen LogP contribution in [-0.4, -0.2) is 24.6 Å². The Hall–Kier alpha value is -0.480. The number of esters is 1. The van der Waals surface area contributed by atoms with E-state index in [0.717, 1.165) is 12.2 Å². The molecule has 0 saturated heterocycles. The maximum absolute atomic E-state index is 11.7. The fourth-order valence-electron chi connectivity index (χ4n) is 1.57. The lowest BCUT2D eigenvalue weighted by Gasteiger charge is -2.15. The van der Waals surface area contributed by atoms with Crippen molar-refractivity contribution in [2.24, 2.45) is 5.92 Å². The molecule has 1 aromatic rings. The first-order chi connectivity index (χ1) is 8.65. The van der Waals surface area contributed by atoms with E-state index in [2.05, 4.69) is 28.1 Å². The molecule has 0 aliphatic rings. The molecular formula is C14H19BrO2S. The average molecular weight is 331 g/mol. The second kappa shape index (κ2) is 8.59. The monoisotopic (exact) mass is 330 g/mol. The van der Waals surface area contributed by atoms with E-state index in [9.17, 15) is 4.79 Å². The Morgan fingerprint density at radius 1 is 1.39 bits per heavy atom. The van der Waals surface area contributed by atoms with Gasteiger partial charge in [0.25, 0.3) is 0 Å². The Kier molecular flexibility index (Phi) is 7.44. The molecule has 2 atom stereocenters. The fraction of sp³-hybridized carbons (Fsp3) is 0.500. The van der Waals surface area contributed by atoms with Gasteiger partial charge in [0.05, 0.1) is 5.92 Å². The summed E-state index contributed by atoms with van der Waals surface area (Å²) in [6.45, 7) is 2.42. The zero-order chi connectivity index (χ0) is 13.4. The summed E-state index contributed by atoms with van der Waals surface area (Å²) in [6.07, 6.45) is 2.75. The maximum atomic E-state index is 11.7. The second-order valence-electron chi connectivity index (χ2n) is 4.18. The molecule has 2 nitrogen and oxygen atoms in total. The molecule has 18 heavy (non-hydrogen) atoms. The van der Waals surface area contributed by atoms with Crippen molar-refractivity contribution in [1.82, 2.24) is 0 Å². The number of benzene rings is 1. The minimum Gasteiger partial charge on any atom is -0.465 e. The van der Waals surface area contributed by atoms with Crippen LogP contribution in [0.2, 0.25) is 0 Å². The SMILES string of the molecule is CSCCOC(=O)C(C)CC(Br)c1ccccc1. The highest BCUT2D eigenvalue weighted by molar-refractivity contribution is 9.09. The van der Waals surface area contributed by atoms with Crippen LogP contribution in [0.25, 0.3) is 0 Å². The van der Waals surface area contributed by atoms with Gasteiger partial charge in [0.1, 0.15) is 6.61 Å². The molecule has 0 radical (unpaired) electrons. The Balaban J connectivity index is 2.39. The topological polar surface area (TPSA) is 26.3 Å². The van der Waals surface area contributed by atoms with E-state index in [1.807, 2.05) is 31.4 Å². The number of thioether (sulfide) groups is 1. The number of halogens is 1. The first-order valence-corrected chi connectivity index (χ1v) is 8.30. The predicted octanol–water partition coefficient (Wildman–Crippen LogP) is 4.06. The quantitative estimate of drug-likeness (QED) is 0.428. The molecule has 0 fully saturated rings. The lowest BCUT2D eigenvalue weighted by Crippen LogP contribution is -2.17. The maximum Gasteiger partial charge on any atom is 0.308 e. The molecule has 1 rings (SSSR count). The minimum absolute atomic E-state index is 0.0866. The number of hydrogen-bond donors (Lipinski definition) is 0. The van der Waals surface area contributed by atoms with E-state index < -0.39 is 0 Å². The molecule has 0 saturated carbocycles. The second-order valence-corrected chi connectivity index (χ2v) is 6.27. The van der Waals surface area contributed by atoms with Crippen LogP contribution in [0.1, 0.15) is 23.7 Å². The summed E-state index contributed by atoms with van der Waals surface area (Å²) in [6, 6.07) is 10.1. The summed E-state index contributed by atoms with van der Waals surface area (Å²) in [5.41, 5.74) is 1.20. The summed E-state index contributed by atoms with van der Waals surface area (Å²) in [5.74, 6) is 0.662. The minimum atomic E-state index is -0.107.